The van der Waals surface area contributed by atoms with E-state index in [4.69, 9.17) is 10.5 Å². The number of anilines is 3. The van der Waals surface area contributed by atoms with Crippen LogP contribution in [0.5, 0.6) is 11.6 Å². The molecule has 1 aromatic carbocycles. The third-order valence-corrected chi connectivity index (χ3v) is 3.62. The summed E-state index contributed by atoms with van der Waals surface area (Å²) in [6.45, 7) is 0. The highest BCUT2D eigenvalue weighted by Gasteiger charge is 2.11. The Morgan fingerprint density at radius 3 is 2.30 bits per heavy atom. The highest BCUT2D eigenvalue weighted by atomic mass is 16.5. The summed E-state index contributed by atoms with van der Waals surface area (Å²) in [6.07, 6.45) is 8.04. The van der Waals surface area contributed by atoms with Crippen molar-refractivity contribution in [3.63, 3.8) is 0 Å². The molecule has 0 bridgehead atoms. The van der Waals surface area contributed by atoms with Gasteiger partial charge in [0.2, 0.25) is 11.8 Å². The molecular weight excluding hydrogens is 342 g/mol. The number of hydrogen-bond donors (Lipinski definition) is 2. The normalized spacial score (nSPS) is 10.4. The number of pyridine rings is 1. The summed E-state index contributed by atoms with van der Waals surface area (Å²) < 4.78 is 5.90. The summed E-state index contributed by atoms with van der Waals surface area (Å²) in [7, 11) is 0. The van der Waals surface area contributed by atoms with Crippen molar-refractivity contribution in [2.45, 2.75) is 0 Å². The topological polar surface area (TPSA) is 112 Å². The summed E-state index contributed by atoms with van der Waals surface area (Å²) >= 11 is 0. The maximum Gasteiger partial charge on any atom is 0.246 e. The van der Waals surface area contributed by atoms with Gasteiger partial charge in [-0.2, -0.15) is 0 Å². The molecule has 132 valence electrons. The zero-order valence-corrected chi connectivity index (χ0v) is 14.1. The van der Waals surface area contributed by atoms with Crippen LogP contribution in [0.25, 0.3) is 11.3 Å². The Bertz CT molecular complexity index is 1020. The number of nitrogens with one attached hydrogen (secondary N) is 1. The average Bonchev–Trinajstić information content (AvgIpc) is 2.71. The molecule has 0 radical (unpaired) electrons. The fourth-order valence-corrected chi connectivity index (χ4v) is 2.36. The van der Waals surface area contributed by atoms with Crippen molar-refractivity contribution < 1.29 is 4.74 Å². The van der Waals surface area contributed by atoms with Crippen LogP contribution in [0.4, 0.5) is 17.5 Å². The minimum absolute atomic E-state index is 0.195. The number of benzene rings is 1. The van der Waals surface area contributed by atoms with Crippen LogP contribution in [0.3, 0.4) is 0 Å². The van der Waals surface area contributed by atoms with Gasteiger partial charge in [-0.15, -0.1) is 0 Å². The molecule has 0 fully saturated rings. The quantitative estimate of drug-likeness (QED) is 0.558. The molecule has 0 unspecified atom stereocenters. The van der Waals surface area contributed by atoms with Crippen LogP contribution in [0.1, 0.15) is 0 Å². The lowest BCUT2D eigenvalue weighted by atomic mass is 10.2. The van der Waals surface area contributed by atoms with Gasteiger partial charge >= 0.3 is 0 Å². The van der Waals surface area contributed by atoms with Crippen molar-refractivity contribution in [3.8, 4) is 22.9 Å². The second kappa shape index (κ2) is 7.44. The van der Waals surface area contributed by atoms with Crippen molar-refractivity contribution in [2.75, 3.05) is 11.1 Å². The first-order valence-corrected chi connectivity index (χ1v) is 8.13. The van der Waals surface area contributed by atoms with E-state index in [-0.39, 0.29) is 5.95 Å². The molecule has 0 aliphatic heterocycles. The standard InChI is InChI=1S/C19H15N7O/c20-19-24-11-13(12-25-19)17-18(23-10-9-22-17)27-15-6-4-14(5-7-15)26-16-3-1-2-8-21-16/h1-12H,(H,21,26)(H2,20,24,25). The van der Waals surface area contributed by atoms with Gasteiger partial charge < -0.3 is 15.8 Å². The van der Waals surface area contributed by atoms with Crippen LogP contribution >= 0.6 is 0 Å². The SMILES string of the molecule is Nc1ncc(-c2nccnc2Oc2ccc(Nc3ccccn3)cc2)cn1. The Morgan fingerprint density at radius 1 is 0.778 bits per heavy atom. The summed E-state index contributed by atoms with van der Waals surface area (Å²) in [5, 5.41) is 3.21. The molecule has 0 amide bonds. The number of aromatic nitrogens is 5. The van der Waals surface area contributed by atoms with E-state index >= 15 is 0 Å². The maximum atomic E-state index is 5.90. The van der Waals surface area contributed by atoms with E-state index in [0.29, 0.717) is 22.9 Å². The van der Waals surface area contributed by atoms with Crippen LogP contribution in [0, 0.1) is 0 Å². The molecule has 0 aliphatic rings. The molecule has 3 heterocycles. The van der Waals surface area contributed by atoms with Gasteiger partial charge in [-0.3, -0.25) is 0 Å². The first-order chi connectivity index (χ1) is 13.3. The van der Waals surface area contributed by atoms with Crippen molar-refractivity contribution in [1.82, 2.24) is 24.9 Å². The monoisotopic (exact) mass is 357 g/mol. The smallest absolute Gasteiger partial charge is 0.246 e. The number of ether oxygens (including phenoxy) is 1. The molecule has 8 heteroatoms. The number of hydrogen-bond acceptors (Lipinski definition) is 8. The fraction of sp³-hybridized carbons (Fsp3) is 0. The molecule has 0 atom stereocenters. The van der Waals surface area contributed by atoms with E-state index in [1.165, 1.54) is 0 Å². The molecule has 0 saturated carbocycles. The molecule has 4 rings (SSSR count). The van der Waals surface area contributed by atoms with Gasteiger partial charge in [0.15, 0.2) is 0 Å². The van der Waals surface area contributed by atoms with Crippen LogP contribution in [0.15, 0.2) is 73.4 Å². The second-order valence-corrected chi connectivity index (χ2v) is 5.51. The lowest BCUT2D eigenvalue weighted by molar-refractivity contribution is 0.462. The molecule has 4 aromatic rings. The van der Waals surface area contributed by atoms with Gasteiger partial charge in [-0.25, -0.2) is 24.9 Å². The van der Waals surface area contributed by atoms with Crippen LogP contribution < -0.4 is 15.8 Å². The Balaban J connectivity index is 1.53. The van der Waals surface area contributed by atoms with Gasteiger partial charge in [0.1, 0.15) is 17.3 Å². The van der Waals surface area contributed by atoms with Gasteiger partial charge in [0, 0.05) is 42.2 Å². The Morgan fingerprint density at radius 2 is 1.56 bits per heavy atom. The minimum Gasteiger partial charge on any atom is -0.437 e. The first kappa shape index (κ1) is 16.4. The minimum atomic E-state index is 0.195. The zero-order chi connectivity index (χ0) is 18.5. The highest BCUT2D eigenvalue weighted by Crippen LogP contribution is 2.29. The van der Waals surface area contributed by atoms with E-state index in [9.17, 15) is 0 Å². The fourth-order valence-electron chi connectivity index (χ4n) is 2.36. The molecule has 27 heavy (non-hydrogen) atoms. The molecule has 0 aliphatic carbocycles. The van der Waals surface area contributed by atoms with Gasteiger partial charge in [0.05, 0.1) is 0 Å². The van der Waals surface area contributed by atoms with E-state index < -0.39 is 0 Å². The van der Waals surface area contributed by atoms with Crippen molar-refractivity contribution in [3.05, 3.63) is 73.4 Å². The van der Waals surface area contributed by atoms with Crippen LogP contribution in [-0.2, 0) is 0 Å². The Hall–Kier alpha value is -4.07. The van der Waals surface area contributed by atoms with Crippen LogP contribution in [-0.4, -0.2) is 24.9 Å². The average molecular weight is 357 g/mol. The second-order valence-electron chi connectivity index (χ2n) is 5.51. The summed E-state index contributed by atoms with van der Waals surface area (Å²) in [4.78, 5) is 20.8. The molecule has 8 nitrogen and oxygen atoms in total. The van der Waals surface area contributed by atoms with Gasteiger partial charge in [-0.1, -0.05) is 6.07 Å². The van der Waals surface area contributed by atoms with Crippen molar-refractivity contribution in [1.29, 1.82) is 0 Å². The summed E-state index contributed by atoms with van der Waals surface area (Å²) in [5.74, 6) is 1.95. The Labute approximate surface area is 155 Å². The van der Waals surface area contributed by atoms with Gasteiger partial charge in [-0.05, 0) is 36.4 Å². The summed E-state index contributed by atoms with van der Waals surface area (Å²) in [6, 6.07) is 13.1. The number of rotatable bonds is 5. The summed E-state index contributed by atoms with van der Waals surface area (Å²) in [5.41, 5.74) is 7.63. The lowest BCUT2D eigenvalue weighted by Crippen LogP contribution is -1.98. The van der Waals surface area contributed by atoms with Crippen molar-refractivity contribution >= 4 is 17.5 Å². The Kier molecular flexibility index (Phi) is 4.52. The highest BCUT2D eigenvalue weighted by molar-refractivity contribution is 5.63. The number of nitrogen functional groups attached to an aromatic ring is 1. The molecule has 3 aromatic heterocycles. The molecule has 0 saturated heterocycles. The molecule has 0 spiro atoms. The largest absolute Gasteiger partial charge is 0.437 e. The number of nitrogens with two attached hydrogens (primary N) is 1. The van der Waals surface area contributed by atoms with E-state index in [1.807, 2.05) is 42.5 Å². The van der Waals surface area contributed by atoms with Gasteiger partial charge in [0.25, 0.3) is 0 Å². The third kappa shape index (κ3) is 3.96. The van der Waals surface area contributed by atoms with E-state index in [2.05, 4.69) is 30.2 Å². The van der Waals surface area contributed by atoms with E-state index in [0.717, 1.165) is 11.5 Å². The first-order valence-electron chi connectivity index (χ1n) is 8.13. The molecular formula is C19H15N7O. The molecule has 3 N–H and O–H groups in total. The van der Waals surface area contributed by atoms with E-state index in [1.54, 1.807) is 31.0 Å². The number of nitrogens with zero attached hydrogens (tertiary/aromatic N) is 5. The lowest BCUT2D eigenvalue weighted by Gasteiger charge is -2.10. The van der Waals surface area contributed by atoms with Crippen LogP contribution in [0.2, 0.25) is 0 Å². The van der Waals surface area contributed by atoms with Crippen molar-refractivity contribution in [2.24, 2.45) is 0 Å². The third-order valence-electron chi connectivity index (χ3n) is 3.62. The maximum absolute atomic E-state index is 5.90. The predicted molar refractivity (Wildman–Crippen MR) is 102 cm³/mol. The predicted octanol–water partition coefficient (Wildman–Crippen LogP) is 3.45. The zero-order valence-electron chi connectivity index (χ0n) is 14.1.